The van der Waals surface area contributed by atoms with E-state index in [0.717, 1.165) is 6.42 Å². The highest BCUT2D eigenvalue weighted by Gasteiger charge is 2.60. The summed E-state index contributed by atoms with van der Waals surface area (Å²) in [6.07, 6.45) is 0.641. The van der Waals surface area contributed by atoms with Gasteiger partial charge in [-0.2, -0.15) is 0 Å². The summed E-state index contributed by atoms with van der Waals surface area (Å²) in [5, 5.41) is 19.8. The van der Waals surface area contributed by atoms with Gasteiger partial charge in [-0.05, 0) is 26.8 Å². The second-order valence-electron chi connectivity index (χ2n) is 9.04. The highest BCUT2D eigenvalue weighted by atomic mass is 32.2. The Bertz CT molecular complexity index is 802. The number of nitrogens with two attached hydrogens (primary N) is 1. The first kappa shape index (κ1) is 21.6. The molecule has 9 nitrogen and oxygen atoms in total. The van der Waals surface area contributed by atoms with E-state index in [0.29, 0.717) is 31.0 Å². The maximum atomic E-state index is 12.9. The number of carbonyl (C=O) groups is 3. The number of thioether (sulfide) groups is 1. The van der Waals surface area contributed by atoms with Crippen LogP contribution >= 0.6 is 11.8 Å². The second kappa shape index (κ2) is 7.81. The van der Waals surface area contributed by atoms with Crippen molar-refractivity contribution in [1.82, 2.24) is 14.7 Å². The number of amides is 2. The molecular formula is C20H30N4O5S. The quantitative estimate of drug-likeness (QED) is 0.491. The number of carboxylic acids is 1. The van der Waals surface area contributed by atoms with E-state index in [2.05, 4.69) is 0 Å². The van der Waals surface area contributed by atoms with E-state index in [1.54, 1.807) is 6.92 Å². The summed E-state index contributed by atoms with van der Waals surface area (Å²) in [6.45, 7) is 5.44. The second-order valence-corrected chi connectivity index (χ2v) is 10.4. The summed E-state index contributed by atoms with van der Waals surface area (Å²) >= 11 is 1.48. The van der Waals surface area contributed by atoms with Crippen LogP contribution in [0.5, 0.6) is 0 Å². The van der Waals surface area contributed by atoms with Gasteiger partial charge in [0.1, 0.15) is 5.70 Å². The predicted molar refractivity (Wildman–Crippen MR) is 111 cm³/mol. The molecule has 0 spiro atoms. The standard InChI is InChI=1S/C20H30N4O5S/c1-9-15-14(10(2)25)19(27)24(15)16(20(28)29)17(9)30-12-6-13(22(3)8-12)18(26)23-5-4-11(21)7-23/h9-15,25H,4-8,21H2,1-3H3,(H,28,29)/t9-,10-,11+,12+,13+,14-,15-/m1/s1. The van der Waals surface area contributed by atoms with Crippen LogP contribution in [0, 0.1) is 11.8 Å². The number of aliphatic carboxylic acids is 1. The molecular weight excluding hydrogens is 408 g/mol. The van der Waals surface area contributed by atoms with Crippen molar-refractivity contribution in [1.29, 1.82) is 0 Å². The zero-order valence-corrected chi connectivity index (χ0v) is 18.3. The number of fused-ring (bicyclic) bond motifs is 1. The number of hydrogen-bond donors (Lipinski definition) is 3. The number of carboxylic acid groups (broad SMARTS) is 1. The zero-order chi connectivity index (χ0) is 21.9. The number of aliphatic hydroxyl groups excluding tert-OH is 1. The molecule has 30 heavy (non-hydrogen) atoms. The Morgan fingerprint density at radius 1 is 1.30 bits per heavy atom. The average Bonchev–Trinajstić information content (AvgIpc) is 3.31. The van der Waals surface area contributed by atoms with E-state index in [1.807, 2.05) is 23.8 Å². The minimum atomic E-state index is -1.12. The average molecular weight is 439 g/mol. The highest BCUT2D eigenvalue weighted by Crippen LogP contribution is 2.52. The van der Waals surface area contributed by atoms with E-state index in [1.165, 1.54) is 16.7 Å². The fraction of sp³-hybridized carbons (Fsp3) is 0.750. The van der Waals surface area contributed by atoms with Gasteiger partial charge in [0.15, 0.2) is 0 Å². The molecule has 2 amide bonds. The van der Waals surface area contributed by atoms with Gasteiger partial charge in [0.05, 0.1) is 24.1 Å². The number of likely N-dealkylation sites (N-methyl/N-ethyl adjacent to an activating group) is 1. The van der Waals surface area contributed by atoms with E-state index in [-0.39, 0.29) is 46.8 Å². The number of rotatable bonds is 5. The number of nitrogens with zero attached hydrogens (tertiary/aromatic N) is 3. The molecule has 4 N–H and O–H groups in total. The van der Waals surface area contributed by atoms with Gasteiger partial charge in [-0.3, -0.25) is 14.5 Å². The minimum absolute atomic E-state index is 0.0392. The molecule has 4 aliphatic heterocycles. The van der Waals surface area contributed by atoms with Crippen LogP contribution in [0.2, 0.25) is 0 Å². The normalized spacial score (nSPS) is 37.6. The van der Waals surface area contributed by atoms with Crippen molar-refractivity contribution >= 4 is 29.5 Å². The maximum Gasteiger partial charge on any atom is 0.353 e. The molecule has 4 rings (SSSR count). The van der Waals surface area contributed by atoms with Gasteiger partial charge in [-0.25, -0.2) is 4.79 Å². The summed E-state index contributed by atoms with van der Waals surface area (Å²) in [7, 11) is 1.92. The Labute approximate surface area is 180 Å². The van der Waals surface area contributed by atoms with Gasteiger partial charge < -0.3 is 25.7 Å². The van der Waals surface area contributed by atoms with Crippen LogP contribution in [0.3, 0.4) is 0 Å². The van der Waals surface area contributed by atoms with E-state index >= 15 is 0 Å². The van der Waals surface area contributed by atoms with Crippen molar-refractivity contribution in [2.75, 3.05) is 26.7 Å². The summed E-state index contributed by atoms with van der Waals surface area (Å²) in [5.41, 5.74) is 5.99. The van der Waals surface area contributed by atoms with Crippen LogP contribution in [-0.4, -0.2) is 98.9 Å². The molecule has 0 aromatic carbocycles. The lowest BCUT2D eigenvalue weighted by Crippen LogP contribution is -2.63. The van der Waals surface area contributed by atoms with Gasteiger partial charge >= 0.3 is 5.97 Å². The Kier molecular flexibility index (Phi) is 5.63. The molecule has 3 fully saturated rings. The Morgan fingerprint density at radius 2 is 2.00 bits per heavy atom. The lowest BCUT2D eigenvalue weighted by Gasteiger charge is -2.46. The van der Waals surface area contributed by atoms with Gasteiger partial charge in [0.25, 0.3) is 0 Å². The number of carbonyl (C=O) groups excluding carboxylic acids is 2. The first-order valence-corrected chi connectivity index (χ1v) is 11.4. The third-order valence-electron chi connectivity index (χ3n) is 6.94. The summed E-state index contributed by atoms with van der Waals surface area (Å²) in [6, 6.07) is -0.506. The topological polar surface area (TPSA) is 127 Å². The molecule has 4 heterocycles. The summed E-state index contributed by atoms with van der Waals surface area (Å²) < 4.78 is 0. The molecule has 0 radical (unpaired) electrons. The molecule has 7 atom stereocenters. The Hall–Kier alpha value is -1.62. The first-order valence-electron chi connectivity index (χ1n) is 10.5. The SMILES string of the molecule is C[C@@H](O)[C@H]1C(=O)N2C(C(=O)O)=C(S[C@H]3C[C@@H](C(=O)N4CC[C@H](N)C4)N(C)C3)[C@H](C)[C@H]12. The summed E-state index contributed by atoms with van der Waals surface area (Å²) in [4.78, 5) is 43.3. The van der Waals surface area contributed by atoms with Crippen LogP contribution in [0.4, 0.5) is 0 Å². The van der Waals surface area contributed by atoms with Crippen molar-refractivity contribution in [2.24, 2.45) is 17.6 Å². The monoisotopic (exact) mass is 438 g/mol. The third kappa shape index (κ3) is 3.34. The van der Waals surface area contributed by atoms with E-state index in [4.69, 9.17) is 5.73 Å². The van der Waals surface area contributed by atoms with E-state index < -0.39 is 18.0 Å². The molecule has 0 bridgehead atoms. The van der Waals surface area contributed by atoms with Gasteiger partial charge in [-0.1, -0.05) is 6.92 Å². The Morgan fingerprint density at radius 3 is 2.57 bits per heavy atom. The summed E-state index contributed by atoms with van der Waals surface area (Å²) in [5.74, 6) is -2.07. The van der Waals surface area contributed by atoms with Gasteiger partial charge in [-0.15, -0.1) is 11.8 Å². The van der Waals surface area contributed by atoms with Crippen LogP contribution in [0.1, 0.15) is 26.7 Å². The highest BCUT2D eigenvalue weighted by molar-refractivity contribution is 8.03. The lowest BCUT2D eigenvalue weighted by atomic mass is 9.79. The zero-order valence-electron chi connectivity index (χ0n) is 17.5. The van der Waals surface area contributed by atoms with Crippen LogP contribution in [-0.2, 0) is 14.4 Å². The minimum Gasteiger partial charge on any atom is -0.477 e. The number of β-lactam (4-membered cyclic amide) rings is 1. The van der Waals surface area contributed by atoms with Crippen LogP contribution in [0.25, 0.3) is 0 Å². The van der Waals surface area contributed by atoms with Crippen molar-refractivity contribution < 1.29 is 24.6 Å². The first-order chi connectivity index (χ1) is 14.1. The molecule has 0 saturated carbocycles. The number of hydrogen-bond acceptors (Lipinski definition) is 7. The fourth-order valence-electron chi connectivity index (χ4n) is 5.38. The molecule has 0 aromatic heterocycles. The smallest absolute Gasteiger partial charge is 0.353 e. The largest absolute Gasteiger partial charge is 0.477 e. The molecule has 4 aliphatic rings. The molecule has 3 saturated heterocycles. The molecule has 0 aromatic rings. The van der Waals surface area contributed by atoms with Crippen LogP contribution in [0.15, 0.2) is 10.6 Å². The van der Waals surface area contributed by atoms with Crippen molar-refractivity contribution in [3.63, 3.8) is 0 Å². The molecule has 0 aliphatic carbocycles. The number of likely N-dealkylation sites (tertiary alicyclic amines) is 2. The Balaban J connectivity index is 1.49. The van der Waals surface area contributed by atoms with Gasteiger partial charge in [0.2, 0.25) is 11.8 Å². The third-order valence-corrected chi connectivity index (χ3v) is 8.43. The number of aliphatic hydroxyl groups is 1. The van der Waals surface area contributed by atoms with Crippen molar-refractivity contribution in [2.45, 2.75) is 56.2 Å². The van der Waals surface area contributed by atoms with E-state index in [9.17, 15) is 24.6 Å². The maximum absolute atomic E-state index is 12.9. The predicted octanol–water partition coefficient (Wildman–Crippen LogP) is -0.494. The molecule has 0 unspecified atom stereocenters. The molecule has 10 heteroatoms. The molecule has 166 valence electrons. The van der Waals surface area contributed by atoms with Crippen molar-refractivity contribution in [3.8, 4) is 0 Å². The van der Waals surface area contributed by atoms with Crippen molar-refractivity contribution in [3.05, 3.63) is 10.6 Å². The van der Waals surface area contributed by atoms with Gasteiger partial charge in [0, 0.05) is 41.7 Å². The lowest BCUT2D eigenvalue weighted by molar-refractivity contribution is -0.163. The fourth-order valence-corrected chi connectivity index (χ4v) is 6.98. The van der Waals surface area contributed by atoms with Crippen LogP contribution < -0.4 is 5.73 Å².